The number of rotatable bonds is 4. The monoisotopic (exact) mass is 454 g/mol. The predicted molar refractivity (Wildman–Crippen MR) is 111 cm³/mol. The Morgan fingerprint density at radius 1 is 1.14 bits per heavy atom. The molecule has 5 rings (SSSR count). The molecule has 0 unspecified atom stereocenters. The summed E-state index contributed by atoms with van der Waals surface area (Å²) in [7, 11) is 0. The molecule has 2 aromatic carbocycles. The van der Waals surface area contributed by atoms with Crippen molar-refractivity contribution in [3.05, 3.63) is 58.3 Å². The van der Waals surface area contributed by atoms with Gasteiger partial charge in [0.25, 0.3) is 5.91 Å². The molecule has 1 aliphatic carbocycles. The summed E-state index contributed by atoms with van der Waals surface area (Å²) in [6.07, 6.45) is 2.06. The van der Waals surface area contributed by atoms with Gasteiger partial charge >= 0.3 is 0 Å². The van der Waals surface area contributed by atoms with Crippen molar-refractivity contribution < 1.29 is 14.3 Å². The third-order valence-electron chi connectivity index (χ3n) is 4.87. The molecule has 1 aliphatic heterocycles. The second kappa shape index (κ2) is 6.59. The summed E-state index contributed by atoms with van der Waals surface area (Å²) in [5.74, 6) is 0.569. The average molecular weight is 455 g/mol. The minimum atomic E-state index is -0.711. The van der Waals surface area contributed by atoms with Crippen molar-refractivity contribution in [3.63, 3.8) is 0 Å². The number of hydrogen-bond donors (Lipinski definition) is 1. The Morgan fingerprint density at radius 3 is 2.59 bits per heavy atom. The molecule has 0 saturated heterocycles. The smallest absolute Gasteiger partial charge is 0.278 e. The van der Waals surface area contributed by atoms with Crippen LogP contribution in [0.25, 0.3) is 5.69 Å². The number of aromatic nitrogens is 3. The van der Waals surface area contributed by atoms with E-state index in [1.807, 2.05) is 38.1 Å². The lowest BCUT2D eigenvalue weighted by Crippen LogP contribution is -2.29. The summed E-state index contributed by atoms with van der Waals surface area (Å²) >= 11 is 3.44. The van der Waals surface area contributed by atoms with E-state index < -0.39 is 5.79 Å². The highest BCUT2D eigenvalue weighted by atomic mass is 79.9. The standard InChI is InChI=1S/C21H19BrN4O3/c1-21(2)28-16-10-7-14(11-17(16)29-21)23-20(27)18-19(12-3-4-12)26(25-24-18)15-8-5-13(22)6-9-15/h5-12H,3-4H2,1-2H3,(H,23,27). The fourth-order valence-corrected chi connectivity index (χ4v) is 3.70. The maximum Gasteiger partial charge on any atom is 0.278 e. The van der Waals surface area contributed by atoms with E-state index in [4.69, 9.17) is 9.47 Å². The molecule has 0 spiro atoms. The van der Waals surface area contributed by atoms with Crippen molar-refractivity contribution in [3.8, 4) is 17.2 Å². The number of nitrogens with one attached hydrogen (secondary N) is 1. The van der Waals surface area contributed by atoms with E-state index in [-0.39, 0.29) is 5.91 Å². The van der Waals surface area contributed by atoms with Gasteiger partial charge in [-0.2, -0.15) is 0 Å². The lowest BCUT2D eigenvalue weighted by molar-refractivity contribution is -0.0431. The van der Waals surface area contributed by atoms with Gasteiger partial charge in [0.1, 0.15) is 0 Å². The summed E-state index contributed by atoms with van der Waals surface area (Å²) in [5.41, 5.74) is 2.71. The fraction of sp³-hybridized carbons (Fsp3) is 0.286. The van der Waals surface area contributed by atoms with Crippen LogP contribution in [0, 0.1) is 0 Å². The highest BCUT2D eigenvalue weighted by Gasteiger charge is 2.35. The lowest BCUT2D eigenvalue weighted by atomic mass is 10.2. The van der Waals surface area contributed by atoms with Gasteiger partial charge in [0.05, 0.1) is 11.4 Å². The van der Waals surface area contributed by atoms with Crippen molar-refractivity contribution in [1.29, 1.82) is 0 Å². The normalized spacial score (nSPS) is 16.7. The number of anilines is 1. The van der Waals surface area contributed by atoms with E-state index in [2.05, 4.69) is 31.6 Å². The number of fused-ring (bicyclic) bond motifs is 1. The van der Waals surface area contributed by atoms with Crippen LogP contribution < -0.4 is 14.8 Å². The Labute approximate surface area is 176 Å². The molecule has 1 fully saturated rings. The number of carbonyl (C=O) groups excluding carboxylic acids is 1. The van der Waals surface area contributed by atoms with Gasteiger partial charge in [-0.3, -0.25) is 4.79 Å². The minimum absolute atomic E-state index is 0.284. The molecular weight excluding hydrogens is 436 g/mol. The molecule has 148 valence electrons. The summed E-state index contributed by atoms with van der Waals surface area (Å²) in [4.78, 5) is 13.0. The molecule has 7 nitrogen and oxygen atoms in total. The van der Waals surface area contributed by atoms with Gasteiger partial charge in [0, 0.05) is 36.0 Å². The number of benzene rings is 2. The fourth-order valence-electron chi connectivity index (χ4n) is 3.44. The molecular formula is C21H19BrN4O3. The third-order valence-corrected chi connectivity index (χ3v) is 5.40. The molecule has 2 heterocycles. The largest absolute Gasteiger partial charge is 0.449 e. The number of hydrogen-bond acceptors (Lipinski definition) is 5. The van der Waals surface area contributed by atoms with Gasteiger partial charge in [-0.1, -0.05) is 21.1 Å². The quantitative estimate of drug-likeness (QED) is 0.619. The zero-order chi connectivity index (χ0) is 20.2. The van der Waals surface area contributed by atoms with Crippen LogP contribution in [0.5, 0.6) is 11.5 Å². The molecule has 2 aliphatic rings. The van der Waals surface area contributed by atoms with Crippen molar-refractivity contribution >= 4 is 27.5 Å². The average Bonchev–Trinajstić information content (AvgIpc) is 3.33. The van der Waals surface area contributed by atoms with Crippen LogP contribution in [0.3, 0.4) is 0 Å². The van der Waals surface area contributed by atoms with Crippen LogP contribution in [0.1, 0.15) is 48.8 Å². The molecule has 29 heavy (non-hydrogen) atoms. The number of nitrogens with zero attached hydrogens (tertiary/aromatic N) is 3. The van der Waals surface area contributed by atoms with Crippen LogP contribution in [-0.2, 0) is 0 Å². The first-order valence-electron chi connectivity index (χ1n) is 9.44. The SMILES string of the molecule is CC1(C)Oc2ccc(NC(=O)c3nnn(-c4ccc(Br)cc4)c3C3CC3)cc2O1. The highest BCUT2D eigenvalue weighted by molar-refractivity contribution is 9.10. The van der Waals surface area contributed by atoms with E-state index in [1.165, 1.54) is 0 Å². The van der Waals surface area contributed by atoms with E-state index in [0.29, 0.717) is 28.8 Å². The molecule has 8 heteroatoms. The van der Waals surface area contributed by atoms with Crippen LogP contribution in [-0.4, -0.2) is 26.7 Å². The molecule has 0 bridgehead atoms. The summed E-state index contributed by atoms with van der Waals surface area (Å²) in [6.45, 7) is 3.68. The van der Waals surface area contributed by atoms with Crippen LogP contribution in [0.15, 0.2) is 46.9 Å². The maximum atomic E-state index is 13.0. The van der Waals surface area contributed by atoms with Crippen molar-refractivity contribution in [1.82, 2.24) is 15.0 Å². The van der Waals surface area contributed by atoms with E-state index in [0.717, 1.165) is 28.7 Å². The van der Waals surface area contributed by atoms with Crippen LogP contribution in [0.4, 0.5) is 5.69 Å². The zero-order valence-electron chi connectivity index (χ0n) is 16.0. The Kier molecular flexibility index (Phi) is 4.13. The van der Waals surface area contributed by atoms with E-state index >= 15 is 0 Å². The van der Waals surface area contributed by atoms with Crippen LogP contribution in [0.2, 0.25) is 0 Å². The molecule has 3 aromatic rings. The number of carbonyl (C=O) groups is 1. The van der Waals surface area contributed by atoms with E-state index in [9.17, 15) is 4.79 Å². The molecule has 1 amide bonds. The van der Waals surface area contributed by atoms with Crippen molar-refractivity contribution in [2.75, 3.05) is 5.32 Å². The topological polar surface area (TPSA) is 78.3 Å². The molecule has 1 aromatic heterocycles. The Morgan fingerprint density at radius 2 is 1.86 bits per heavy atom. The molecule has 1 saturated carbocycles. The Bertz CT molecular complexity index is 1100. The van der Waals surface area contributed by atoms with Crippen molar-refractivity contribution in [2.45, 2.75) is 38.4 Å². The Hall–Kier alpha value is -2.87. The number of ether oxygens (including phenoxy) is 2. The predicted octanol–water partition coefficient (Wildman–Crippen LogP) is 4.67. The van der Waals surface area contributed by atoms with Gasteiger partial charge in [0.15, 0.2) is 17.2 Å². The summed E-state index contributed by atoms with van der Waals surface area (Å²) < 4.78 is 14.2. The number of amides is 1. The van der Waals surface area contributed by atoms with Gasteiger partial charge in [-0.25, -0.2) is 4.68 Å². The highest BCUT2D eigenvalue weighted by Crippen LogP contribution is 2.43. The second-order valence-electron chi connectivity index (χ2n) is 7.71. The number of halogens is 1. The van der Waals surface area contributed by atoms with E-state index in [1.54, 1.807) is 22.9 Å². The summed E-state index contributed by atoms with van der Waals surface area (Å²) in [6, 6.07) is 13.1. The zero-order valence-corrected chi connectivity index (χ0v) is 17.6. The van der Waals surface area contributed by atoms with Gasteiger partial charge in [-0.15, -0.1) is 5.10 Å². The first kappa shape index (κ1) is 18.2. The van der Waals surface area contributed by atoms with Crippen LogP contribution >= 0.6 is 15.9 Å². The minimum Gasteiger partial charge on any atom is -0.449 e. The molecule has 0 radical (unpaired) electrons. The first-order valence-corrected chi connectivity index (χ1v) is 10.2. The Balaban J connectivity index is 1.43. The summed E-state index contributed by atoms with van der Waals surface area (Å²) in [5, 5.41) is 11.4. The third kappa shape index (κ3) is 3.48. The van der Waals surface area contributed by atoms with Crippen molar-refractivity contribution in [2.24, 2.45) is 0 Å². The maximum absolute atomic E-state index is 13.0. The van der Waals surface area contributed by atoms with Gasteiger partial charge < -0.3 is 14.8 Å². The second-order valence-corrected chi connectivity index (χ2v) is 8.62. The molecule has 0 atom stereocenters. The first-order chi connectivity index (χ1) is 13.9. The lowest BCUT2D eigenvalue weighted by Gasteiger charge is -2.16. The van der Waals surface area contributed by atoms with Gasteiger partial charge in [0.2, 0.25) is 5.79 Å². The molecule has 1 N–H and O–H groups in total. The van der Waals surface area contributed by atoms with Gasteiger partial charge in [-0.05, 0) is 49.2 Å².